The molecular weight excluding hydrogens is 396 g/mol. The van der Waals surface area contributed by atoms with E-state index in [4.69, 9.17) is 21.3 Å². The average molecular weight is 419 g/mol. The summed E-state index contributed by atoms with van der Waals surface area (Å²) in [5.74, 6) is 0.946. The Morgan fingerprint density at radius 2 is 1.73 bits per heavy atom. The number of morpholine rings is 1. The van der Waals surface area contributed by atoms with Crippen molar-refractivity contribution in [1.82, 2.24) is 14.5 Å². The van der Waals surface area contributed by atoms with Crippen LogP contribution in [0.4, 0.5) is 5.82 Å². The highest BCUT2D eigenvalue weighted by Gasteiger charge is 2.27. The first kappa shape index (κ1) is 19.1. The zero-order valence-corrected chi connectivity index (χ0v) is 17.8. The number of hydrogen-bond donors (Lipinski definition) is 0. The summed E-state index contributed by atoms with van der Waals surface area (Å²) in [5.41, 5.74) is 4.08. The van der Waals surface area contributed by atoms with Crippen molar-refractivity contribution in [3.05, 3.63) is 72.1 Å². The summed E-state index contributed by atoms with van der Waals surface area (Å²) in [7, 11) is 0. The fraction of sp³-hybridized carbons (Fsp3) is 0.250. The Morgan fingerprint density at radius 1 is 0.967 bits per heavy atom. The van der Waals surface area contributed by atoms with Crippen LogP contribution >= 0.6 is 11.6 Å². The van der Waals surface area contributed by atoms with Crippen molar-refractivity contribution in [2.75, 3.05) is 18.0 Å². The highest BCUT2D eigenvalue weighted by molar-refractivity contribution is 6.30. The maximum Gasteiger partial charge on any atom is 0.150 e. The highest BCUT2D eigenvalue weighted by Crippen LogP contribution is 2.37. The lowest BCUT2D eigenvalue weighted by atomic mass is 10.1. The molecule has 1 saturated heterocycles. The lowest BCUT2D eigenvalue weighted by molar-refractivity contribution is -0.00537. The Bertz CT molecular complexity index is 1180. The van der Waals surface area contributed by atoms with Crippen LogP contribution < -0.4 is 4.90 Å². The number of hydrogen-bond acceptors (Lipinski definition) is 4. The summed E-state index contributed by atoms with van der Waals surface area (Å²) in [6.07, 6.45) is 4.08. The average Bonchev–Trinajstić information content (AvgIpc) is 3.13. The molecule has 5 nitrogen and oxygen atoms in total. The number of aromatic nitrogens is 3. The fourth-order valence-electron chi connectivity index (χ4n) is 4.30. The molecule has 1 aliphatic heterocycles. The molecule has 152 valence electrons. The zero-order valence-electron chi connectivity index (χ0n) is 17.0. The molecule has 0 unspecified atom stereocenters. The molecule has 0 spiro atoms. The van der Waals surface area contributed by atoms with Crippen LogP contribution in [-0.4, -0.2) is 39.8 Å². The van der Waals surface area contributed by atoms with E-state index in [1.54, 1.807) is 6.33 Å². The molecule has 0 saturated carbocycles. The first-order valence-corrected chi connectivity index (χ1v) is 10.6. The van der Waals surface area contributed by atoms with Crippen LogP contribution in [0.5, 0.6) is 0 Å². The van der Waals surface area contributed by atoms with Crippen molar-refractivity contribution in [1.29, 1.82) is 0 Å². The second-order valence-electron chi connectivity index (χ2n) is 7.82. The third-order valence-electron chi connectivity index (χ3n) is 5.45. The minimum atomic E-state index is 0.147. The van der Waals surface area contributed by atoms with Gasteiger partial charge in [0.2, 0.25) is 0 Å². The van der Waals surface area contributed by atoms with Gasteiger partial charge in [-0.15, -0.1) is 0 Å². The predicted molar refractivity (Wildman–Crippen MR) is 122 cm³/mol. The van der Waals surface area contributed by atoms with E-state index in [-0.39, 0.29) is 12.2 Å². The molecule has 0 bridgehead atoms. The lowest BCUT2D eigenvalue weighted by Gasteiger charge is -2.36. The molecule has 5 rings (SSSR count). The normalized spacial score (nSPS) is 19.4. The van der Waals surface area contributed by atoms with E-state index in [1.165, 1.54) is 0 Å². The van der Waals surface area contributed by atoms with Crippen LogP contribution in [0.3, 0.4) is 0 Å². The lowest BCUT2D eigenvalue weighted by Crippen LogP contribution is -2.46. The number of benzene rings is 2. The molecule has 0 amide bonds. The quantitative estimate of drug-likeness (QED) is 0.449. The van der Waals surface area contributed by atoms with Gasteiger partial charge in [-0.3, -0.25) is 0 Å². The maximum atomic E-state index is 6.29. The van der Waals surface area contributed by atoms with E-state index in [0.29, 0.717) is 5.02 Å². The van der Waals surface area contributed by atoms with Crippen molar-refractivity contribution in [3.63, 3.8) is 0 Å². The number of fused-ring (bicyclic) bond motifs is 1. The van der Waals surface area contributed by atoms with E-state index in [2.05, 4.69) is 58.8 Å². The summed E-state index contributed by atoms with van der Waals surface area (Å²) >= 11 is 6.29. The monoisotopic (exact) mass is 418 g/mol. The summed E-state index contributed by atoms with van der Waals surface area (Å²) in [6, 6.07) is 18.2. The Hall–Kier alpha value is -2.89. The number of rotatable bonds is 3. The Kier molecular flexibility index (Phi) is 4.93. The fourth-order valence-corrected chi connectivity index (χ4v) is 4.48. The van der Waals surface area contributed by atoms with Crippen molar-refractivity contribution >= 4 is 28.5 Å². The third kappa shape index (κ3) is 3.44. The Morgan fingerprint density at radius 3 is 2.47 bits per heavy atom. The van der Waals surface area contributed by atoms with Gasteiger partial charge in [0.1, 0.15) is 12.1 Å². The second-order valence-corrected chi connectivity index (χ2v) is 8.25. The minimum Gasteiger partial charge on any atom is -0.372 e. The van der Waals surface area contributed by atoms with E-state index < -0.39 is 0 Å². The molecule has 4 aromatic rings. The smallest absolute Gasteiger partial charge is 0.150 e. The van der Waals surface area contributed by atoms with Crippen molar-refractivity contribution in [3.8, 4) is 16.8 Å². The summed E-state index contributed by atoms with van der Waals surface area (Å²) in [4.78, 5) is 11.7. The van der Waals surface area contributed by atoms with E-state index in [0.717, 1.165) is 46.8 Å². The van der Waals surface area contributed by atoms with Crippen LogP contribution in [0.2, 0.25) is 5.02 Å². The molecule has 0 N–H and O–H groups in total. The predicted octanol–water partition coefficient (Wildman–Crippen LogP) is 5.35. The van der Waals surface area contributed by atoms with Crippen LogP contribution in [0, 0.1) is 0 Å². The SMILES string of the molecule is C[C@H]1CN(c2ncnc3c2c(-c2ccccc2)cn3-c2cccc(Cl)c2)C[C@H](C)O1. The first-order valence-electron chi connectivity index (χ1n) is 10.2. The van der Waals surface area contributed by atoms with Crippen molar-refractivity contribution < 1.29 is 4.74 Å². The molecular formula is C24H23ClN4O. The summed E-state index contributed by atoms with van der Waals surface area (Å²) in [5, 5.41) is 1.74. The minimum absolute atomic E-state index is 0.147. The summed E-state index contributed by atoms with van der Waals surface area (Å²) < 4.78 is 8.05. The van der Waals surface area contributed by atoms with E-state index in [9.17, 15) is 0 Å². The van der Waals surface area contributed by atoms with Gasteiger partial charge in [-0.1, -0.05) is 48.0 Å². The first-order chi connectivity index (χ1) is 14.6. The van der Waals surface area contributed by atoms with Gasteiger partial charge < -0.3 is 14.2 Å². The molecule has 1 fully saturated rings. The van der Waals surface area contributed by atoms with Crippen molar-refractivity contribution in [2.24, 2.45) is 0 Å². The number of ether oxygens (including phenoxy) is 1. The van der Waals surface area contributed by atoms with Gasteiger partial charge in [-0.25, -0.2) is 9.97 Å². The van der Waals surface area contributed by atoms with Crippen LogP contribution in [0.1, 0.15) is 13.8 Å². The molecule has 1 aliphatic rings. The molecule has 0 radical (unpaired) electrons. The Balaban J connectivity index is 1.76. The summed E-state index contributed by atoms with van der Waals surface area (Å²) in [6.45, 7) is 5.81. The van der Waals surface area contributed by atoms with Gasteiger partial charge in [-0.2, -0.15) is 0 Å². The second kappa shape index (κ2) is 7.74. The molecule has 30 heavy (non-hydrogen) atoms. The largest absolute Gasteiger partial charge is 0.372 e. The van der Waals surface area contributed by atoms with Crippen LogP contribution in [0.15, 0.2) is 67.1 Å². The van der Waals surface area contributed by atoms with Gasteiger partial charge in [0.25, 0.3) is 0 Å². The van der Waals surface area contributed by atoms with Crippen molar-refractivity contribution in [2.45, 2.75) is 26.1 Å². The number of halogens is 1. The van der Waals surface area contributed by atoms with Gasteiger partial charge in [0.05, 0.1) is 17.6 Å². The van der Waals surface area contributed by atoms with Gasteiger partial charge in [0, 0.05) is 35.6 Å². The maximum absolute atomic E-state index is 6.29. The van der Waals surface area contributed by atoms with Crippen LogP contribution in [0.25, 0.3) is 27.8 Å². The molecule has 2 atom stereocenters. The standard InChI is InChI=1S/C24H23ClN4O/c1-16-12-28(13-17(2)30-16)23-22-21(18-7-4-3-5-8-18)14-29(24(22)27-15-26-23)20-10-6-9-19(25)11-20/h3-11,14-17H,12-13H2,1-2H3/t16-,17-/m0/s1. The number of anilines is 1. The van der Waals surface area contributed by atoms with Crippen LogP contribution in [-0.2, 0) is 4.74 Å². The zero-order chi connectivity index (χ0) is 20.7. The molecule has 6 heteroatoms. The molecule has 3 heterocycles. The molecule has 2 aromatic carbocycles. The van der Waals surface area contributed by atoms with E-state index >= 15 is 0 Å². The molecule has 2 aromatic heterocycles. The van der Waals surface area contributed by atoms with Gasteiger partial charge >= 0.3 is 0 Å². The number of nitrogens with zero attached hydrogens (tertiary/aromatic N) is 4. The van der Waals surface area contributed by atoms with Gasteiger partial charge in [0.15, 0.2) is 5.65 Å². The topological polar surface area (TPSA) is 43.2 Å². The highest BCUT2D eigenvalue weighted by atomic mass is 35.5. The third-order valence-corrected chi connectivity index (χ3v) is 5.69. The van der Waals surface area contributed by atoms with Gasteiger partial charge in [-0.05, 0) is 37.6 Å². The van der Waals surface area contributed by atoms with E-state index in [1.807, 2.05) is 30.3 Å². The molecule has 0 aliphatic carbocycles. The Labute approximate surface area is 180 Å².